The average molecular weight is 402 g/mol. The standard InChI is InChI=1S/C16H23IN2O2/c1-10-6-11(2)8-13(7-10)14(15(18)20)21-19-12(3)16(4,5)9-17/h6-8,14H,9H2,1-5H3,(H2,18,20)/b19-12+. The van der Waals surface area contributed by atoms with E-state index >= 15 is 0 Å². The number of amides is 1. The molecule has 1 unspecified atom stereocenters. The van der Waals surface area contributed by atoms with Gasteiger partial charge in [0.25, 0.3) is 5.91 Å². The molecular formula is C16H23IN2O2. The van der Waals surface area contributed by atoms with Crippen molar-refractivity contribution in [2.75, 3.05) is 4.43 Å². The van der Waals surface area contributed by atoms with Crippen molar-refractivity contribution in [2.45, 2.75) is 40.7 Å². The highest BCUT2D eigenvalue weighted by molar-refractivity contribution is 14.1. The van der Waals surface area contributed by atoms with E-state index in [9.17, 15) is 4.79 Å². The van der Waals surface area contributed by atoms with Crippen LogP contribution in [0.1, 0.15) is 43.6 Å². The van der Waals surface area contributed by atoms with Gasteiger partial charge in [-0.15, -0.1) is 0 Å². The van der Waals surface area contributed by atoms with Gasteiger partial charge in [-0.1, -0.05) is 70.9 Å². The van der Waals surface area contributed by atoms with Gasteiger partial charge >= 0.3 is 0 Å². The van der Waals surface area contributed by atoms with Gasteiger partial charge in [-0.05, 0) is 20.8 Å². The molecule has 0 saturated carbocycles. The fraction of sp³-hybridized carbons (Fsp3) is 0.500. The van der Waals surface area contributed by atoms with Crippen LogP contribution >= 0.6 is 22.6 Å². The smallest absolute Gasteiger partial charge is 0.266 e. The van der Waals surface area contributed by atoms with Gasteiger partial charge in [0.2, 0.25) is 6.10 Å². The summed E-state index contributed by atoms with van der Waals surface area (Å²) in [6.45, 7) is 10.0. The molecule has 0 spiro atoms. The van der Waals surface area contributed by atoms with Gasteiger partial charge in [0.15, 0.2) is 0 Å². The number of benzene rings is 1. The molecule has 1 amide bonds. The van der Waals surface area contributed by atoms with Crippen LogP contribution in [0, 0.1) is 19.3 Å². The molecule has 21 heavy (non-hydrogen) atoms. The van der Waals surface area contributed by atoms with Crippen LogP contribution in [0.4, 0.5) is 0 Å². The number of carbonyl (C=O) groups excluding carboxylic acids is 1. The maximum atomic E-state index is 11.7. The van der Waals surface area contributed by atoms with E-state index in [1.807, 2.05) is 39.0 Å². The van der Waals surface area contributed by atoms with Crippen molar-refractivity contribution in [3.05, 3.63) is 34.9 Å². The molecule has 1 rings (SSSR count). The number of carbonyl (C=O) groups is 1. The van der Waals surface area contributed by atoms with Crippen LogP contribution in [0.25, 0.3) is 0 Å². The normalized spacial score (nSPS) is 13.9. The van der Waals surface area contributed by atoms with Crippen molar-refractivity contribution in [1.29, 1.82) is 0 Å². The summed E-state index contributed by atoms with van der Waals surface area (Å²) in [6.07, 6.45) is -0.858. The molecule has 0 aromatic heterocycles. The first-order valence-electron chi connectivity index (χ1n) is 6.81. The molecule has 0 saturated heterocycles. The fourth-order valence-corrected chi connectivity index (χ4v) is 2.34. The molecule has 4 nitrogen and oxygen atoms in total. The molecule has 0 radical (unpaired) electrons. The van der Waals surface area contributed by atoms with Crippen molar-refractivity contribution >= 4 is 34.2 Å². The lowest BCUT2D eigenvalue weighted by molar-refractivity contribution is -0.129. The zero-order chi connectivity index (χ0) is 16.2. The topological polar surface area (TPSA) is 64.7 Å². The SMILES string of the molecule is C/C(=N\OC(C(N)=O)c1cc(C)cc(C)c1)C(C)(C)CI. The van der Waals surface area contributed by atoms with Crippen molar-refractivity contribution in [3.8, 4) is 0 Å². The zero-order valence-electron chi connectivity index (χ0n) is 13.2. The first-order chi connectivity index (χ1) is 9.67. The molecule has 5 heteroatoms. The molecule has 0 aliphatic rings. The number of hydrogen-bond acceptors (Lipinski definition) is 3. The van der Waals surface area contributed by atoms with Crippen LogP contribution in [0.5, 0.6) is 0 Å². The van der Waals surface area contributed by atoms with Crippen molar-refractivity contribution < 1.29 is 9.63 Å². The summed E-state index contributed by atoms with van der Waals surface area (Å²) in [6, 6.07) is 5.84. The highest BCUT2D eigenvalue weighted by Crippen LogP contribution is 2.24. The molecule has 1 aromatic carbocycles. The summed E-state index contributed by atoms with van der Waals surface area (Å²) in [5.41, 5.74) is 9.09. The predicted octanol–water partition coefficient (Wildman–Crippen LogP) is 3.68. The van der Waals surface area contributed by atoms with E-state index in [0.29, 0.717) is 0 Å². The second kappa shape index (κ2) is 7.24. The number of nitrogens with zero attached hydrogens (tertiary/aromatic N) is 1. The van der Waals surface area contributed by atoms with Gasteiger partial charge in [-0.2, -0.15) is 0 Å². The molecule has 1 aromatic rings. The lowest BCUT2D eigenvalue weighted by Crippen LogP contribution is -2.26. The molecule has 0 heterocycles. The fourth-order valence-electron chi connectivity index (χ4n) is 1.79. The van der Waals surface area contributed by atoms with Gasteiger partial charge in [-0.25, -0.2) is 0 Å². The van der Waals surface area contributed by atoms with Crippen LogP contribution < -0.4 is 5.73 Å². The minimum absolute atomic E-state index is 0.0781. The van der Waals surface area contributed by atoms with Crippen LogP contribution in [0.2, 0.25) is 0 Å². The Morgan fingerprint density at radius 2 is 1.86 bits per heavy atom. The maximum Gasteiger partial charge on any atom is 0.266 e. The van der Waals surface area contributed by atoms with E-state index in [-0.39, 0.29) is 5.41 Å². The number of rotatable bonds is 6. The summed E-state index contributed by atoms with van der Waals surface area (Å²) < 4.78 is 0.911. The predicted molar refractivity (Wildman–Crippen MR) is 94.7 cm³/mol. The van der Waals surface area contributed by atoms with Gasteiger partial charge < -0.3 is 10.6 Å². The van der Waals surface area contributed by atoms with E-state index < -0.39 is 12.0 Å². The number of halogens is 1. The van der Waals surface area contributed by atoms with Crippen LogP contribution in [-0.4, -0.2) is 16.0 Å². The second-order valence-electron chi connectivity index (χ2n) is 6.00. The highest BCUT2D eigenvalue weighted by Gasteiger charge is 2.24. The molecule has 0 aliphatic heterocycles. The van der Waals surface area contributed by atoms with Crippen molar-refractivity contribution in [2.24, 2.45) is 16.3 Å². The van der Waals surface area contributed by atoms with E-state index in [0.717, 1.165) is 26.8 Å². The zero-order valence-corrected chi connectivity index (χ0v) is 15.4. The Morgan fingerprint density at radius 3 is 2.29 bits per heavy atom. The number of hydrogen-bond donors (Lipinski definition) is 1. The molecule has 2 N–H and O–H groups in total. The lowest BCUT2D eigenvalue weighted by Gasteiger charge is -2.22. The second-order valence-corrected chi connectivity index (χ2v) is 6.77. The summed E-state index contributed by atoms with van der Waals surface area (Å²) in [4.78, 5) is 17.1. The van der Waals surface area contributed by atoms with Crippen LogP contribution in [0.15, 0.2) is 23.4 Å². The first kappa shape index (κ1) is 17.9. The summed E-state index contributed by atoms with van der Waals surface area (Å²) in [5.74, 6) is -0.538. The minimum atomic E-state index is -0.858. The number of oxime groups is 1. The third-order valence-corrected chi connectivity index (χ3v) is 5.32. The largest absolute Gasteiger partial charge is 0.378 e. The van der Waals surface area contributed by atoms with E-state index in [4.69, 9.17) is 10.6 Å². The minimum Gasteiger partial charge on any atom is -0.378 e. The molecule has 0 fully saturated rings. The van der Waals surface area contributed by atoms with Gasteiger partial charge in [0.1, 0.15) is 0 Å². The highest BCUT2D eigenvalue weighted by atomic mass is 127. The first-order valence-corrected chi connectivity index (χ1v) is 8.34. The van der Waals surface area contributed by atoms with Gasteiger partial charge in [0.05, 0.1) is 5.71 Å². The maximum absolute atomic E-state index is 11.7. The Morgan fingerprint density at radius 1 is 1.33 bits per heavy atom. The lowest BCUT2D eigenvalue weighted by atomic mass is 9.91. The van der Waals surface area contributed by atoms with Gasteiger partial charge in [-0.3, -0.25) is 4.79 Å². The third kappa shape index (κ3) is 4.98. The number of alkyl halides is 1. The molecule has 1 atom stereocenters. The molecule has 116 valence electrons. The van der Waals surface area contributed by atoms with Crippen molar-refractivity contribution in [1.82, 2.24) is 0 Å². The number of primary amides is 1. The van der Waals surface area contributed by atoms with E-state index in [2.05, 4.69) is 41.6 Å². The van der Waals surface area contributed by atoms with E-state index in [1.54, 1.807) is 0 Å². The molecule has 0 bridgehead atoms. The quantitative estimate of drug-likeness (QED) is 0.342. The van der Waals surface area contributed by atoms with Crippen molar-refractivity contribution in [3.63, 3.8) is 0 Å². The Bertz CT molecular complexity index is 533. The summed E-state index contributed by atoms with van der Waals surface area (Å²) in [5, 5.41) is 4.13. The monoisotopic (exact) mass is 402 g/mol. The number of nitrogens with two attached hydrogens (primary N) is 1. The van der Waals surface area contributed by atoms with E-state index in [1.165, 1.54) is 0 Å². The van der Waals surface area contributed by atoms with Crippen LogP contribution in [-0.2, 0) is 9.63 Å². The average Bonchev–Trinajstić information content (AvgIpc) is 2.37. The van der Waals surface area contributed by atoms with Crippen LogP contribution in [0.3, 0.4) is 0 Å². The van der Waals surface area contributed by atoms with Gasteiger partial charge in [0, 0.05) is 15.4 Å². The summed E-state index contributed by atoms with van der Waals surface area (Å²) >= 11 is 2.31. The Kier molecular flexibility index (Phi) is 6.19. The molecule has 0 aliphatic carbocycles. The molecular weight excluding hydrogens is 379 g/mol. The Hall–Kier alpha value is -1.11. The number of aryl methyl sites for hydroxylation is 2. The summed E-state index contributed by atoms with van der Waals surface area (Å²) in [7, 11) is 0. The third-order valence-electron chi connectivity index (χ3n) is 3.41. The Labute approximate surface area is 140 Å². The Balaban J connectivity index is 3.04.